The van der Waals surface area contributed by atoms with Crippen molar-refractivity contribution >= 4 is 31.9 Å². The van der Waals surface area contributed by atoms with Crippen LogP contribution in [0.15, 0.2) is 39.7 Å². The molecule has 0 atom stereocenters. The Kier molecular flexibility index (Phi) is 6.25. The van der Waals surface area contributed by atoms with E-state index in [1.807, 2.05) is 6.07 Å². The quantitative estimate of drug-likeness (QED) is 0.525. The summed E-state index contributed by atoms with van der Waals surface area (Å²) in [6, 6.07) is 8.03. The van der Waals surface area contributed by atoms with Gasteiger partial charge in [0.25, 0.3) is 0 Å². The van der Waals surface area contributed by atoms with Gasteiger partial charge < -0.3 is 5.11 Å². The van der Waals surface area contributed by atoms with Crippen LogP contribution in [-0.4, -0.2) is 30.3 Å². The average Bonchev–Trinajstić information content (AvgIpc) is 2.59. The number of benzene rings is 2. The molecule has 1 N–H and O–H groups in total. The molecule has 2 aromatic rings. The van der Waals surface area contributed by atoms with E-state index in [-0.39, 0.29) is 11.1 Å². The molecule has 0 saturated heterocycles. The van der Waals surface area contributed by atoms with Crippen LogP contribution >= 0.6 is 15.9 Å². The number of carbonyl (C=O) groups is 1. The maximum atomic E-state index is 14.2. The van der Waals surface area contributed by atoms with Gasteiger partial charge in [-0.15, -0.1) is 0 Å². The summed E-state index contributed by atoms with van der Waals surface area (Å²) in [5.74, 6) is -7.17. The van der Waals surface area contributed by atoms with E-state index >= 15 is 0 Å². The van der Waals surface area contributed by atoms with Crippen LogP contribution in [0.4, 0.5) is 13.2 Å². The molecule has 0 unspecified atom stereocenters. The molecule has 0 radical (unpaired) electrons. The van der Waals surface area contributed by atoms with Gasteiger partial charge in [0, 0.05) is 11.0 Å². The van der Waals surface area contributed by atoms with Crippen LogP contribution < -0.4 is 0 Å². The van der Waals surface area contributed by atoms with Crippen molar-refractivity contribution in [1.29, 1.82) is 5.26 Å². The molecule has 2 rings (SSSR count). The fourth-order valence-corrected chi connectivity index (χ4v) is 4.71. The van der Waals surface area contributed by atoms with E-state index in [1.165, 1.54) is 24.3 Å². The van der Waals surface area contributed by atoms with Crippen molar-refractivity contribution in [3.8, 4) is 6.07 Å². The zero-order chi connectivity index (χ0) is 20.4. The summed E-state index contributed by atoms with van der Waals surface area (Å²) in [6.45, 7) is -1.68. The first-order valence-electron chi connectivity index (χ1n) is 7.12. The van der Waals surface area contributed by atoms with E-state index in [2.05, 4.69) is 15.9 Å². The van der Waals surface area contributed by atoms with Gasteiger partial charge in [-0.3, -0.25) is 4.79 Å². The first-order chi connectivity index (χ1) is 12.6. The molecule has 0 saturated carbocycles. The van der Waals surface area contributed by atoms with E-state index < -0.39 is 55.9 Å². The van der Waals surface area contributed by atoms with Crippen molar-refractivity contribution in [2.75, 3.05) is 6.54 Å². The van der Waals surface area contributed by atoms with Gasteiger partial charge in [0.05, 0.1) is 11.6 Å². The zero-order valence-corrected chi connectivity index (χ0v) is 15.7. The Morgan fingerprint density at radius 2 is 1.85 bits per heavy atom. The van der Waals surface area contributed by atoms with E-state index in [4.69, 9.17) is 10.4 Å². The van der Waals surface area contributed by atoms with Gasteiger partial charge >= 0.3 is 5.97 Å². The Bertz CT molecular complexity index is 1050. The highest BCUT2D eigenvalue weighted by Crippen LogP contribution is 2.31. The molecule has 0 aliphatic carbocycles. The lowest BCUT2D eigenvalue weighted by molar-refractivity contribution is -0.137. The number of sulfonamides is 1. The molecule has 27 heavy (non-hydrogen) atoms. The van der Waals surface area contributed by atoms with Crippen LogP contribution in [0.3, 0.4) is 0 Å². The fraction of sp³-hybridized carbons (Fsp3) is 0.125. The zero-order valence-electron chi connectivity index (χ0n) is 13.3. The van der Waals surface area contributed by atoms with Gasteiger partial charge in [-0.25, -0.2) is 21.6 Å². The highest BCUT2D eigenvalue weighted by Gasteiger charge is 2.34. The summed E-state index contributed by atoms with van der Waals surface area (Å²) in [5.41, 5.74) is 0.233. The minimum Gasteiger partial charge on any atom is -0.480 e. The smallest absolute Gasteiger partial charge is 0.318 e. The molecular formula is C16H10BrF3N2O4S. The molecule has 142 valence electrons. The van der Waals surface area contributed by atoms with E-state index in [0.717, 1.165) is 0 Å². The molecule has 11 heteroatoms. The maximum Gasteiger partial charge on any atom is 0.318 e. The lowest BCUT2D eigenvalue weighted by Gasteiger charge is -2.22. The van der Waals surface area contributed by atoms with Gasteiger partial charge in [0.15, 0.2) is 17.5 Å². The minimum atomic E-state index is -4.91. The van der Waals surface area contributed by atoms with Crippen molar-refractivity contribution in [3.05, 3.63) is 63.4 Å². The third kappa shape index (κ3) is 4.29. The molecule has 0 amide bonds. The first-order valence-corrected chi connectivity index (χ1v) is 9.35. The van der Waals surface area contributed by atoms with Crippen molar-refractivity contribution in [3.63, 3.8) is 0 Å². The first kappa shape index (κ1) is 20.9. The summed E-state index contributed by atoms with van der Waals surface area (Å²) < 4.78 is 66.3. The van der Waals surface area contributed by atoms with Gasteiger partial charge in [-0.2, -0.15) is 9.57 Å². The number of carboxylic acid groups (broad SMARTS) is 1. The fourth-order valence-electron chi connectivity index (χ4n) is 2.25. The number of hydrogen-bond acceptors (Lipinski definition) is 4. The van der Waals surface area contributed by atoms with Gasteiger partial charge in [-0.05, 0) is 33.6 Å². The van der Waals surface area contributed by atoms with Gasteiger partial charge in [0.1, 0.15) is 11.4 Å². The summed E-state index contributed by atoms with van der Waals surface area (Å²) in [6.07, 6.45) is 0. The second-order valence-electron chi connectivity index (χ2n) is 5.23. The summed E-state index contributed by atoms with van der Waals surface area (Å²) in [5, 5.41) is 18.1. The number of halogens is 4. The number of nitriles is 1. The highest BCUT2D eigenvalue weighted by molar-refractivity contribution is 9.10. The monoisotopic (exact) mass is 462 g/mol. The predicted molar refractivity (Wildman–Crippen MR) is 90.4 cm³/mol. The molecule has 0 aromatic heterocycles. The van der Waals surface area contributed by atoms with E-state index in [0.29, 0.717) is 10.4 Å². The molecule has 0 fully saturated rings. The van der Waals surface area contributed by atoms with Gasteiger partial charge in [-0.1, -0.05) is 18.2 Å². The largest absolute Gasteiger partial charge is 0.480 e. The van der Waals surface area contributed by atoms with Crippen LogP contribution in [0.5, 0.6) is 0 Å². The number of hydrogen-bond donors (Lipinski definition) is 1. The molecular weight excluding hydrogens is 453 g/mol. The number of rotatable bonds is 6. The Morgan fingerprint density at radius 1 is 1.22 bits per heavy atom. The summed E-state index contributed by atoms with van der Waals surface area (Å²) in [7, 11) is -4.91. The second-order valence-corrected chi connectivity index (χ2v) is 7.96. The topological polar surface area (TPSA) is 98.5 Å². The Hall–Kier alpha value is -2.42. The minimum absolute atomic E-state index is 0.0768. The predicted octanol–water partition coefficient (Wildman–Crippen LogP) is 3.01. The average molecular weight is 463 g/mol. The lowest BCUT2D eigenvalue weighted by Crippen LogP contribution is -2.36. The SMILES string of the molecule is N#Cc1ccccc1CN(CC(=O)O)S(=O)(=O)c1c(Br)cc(F)c(F)c1F. The van der Waals surface area contributed by atoms with Crippen molar-refractivity contribution in [2.45, 2.75) is 11.4 Å². The van der Waals surface area contributed by atoms with Crippen molar-refractivity contribution in [2.24, 2.45) is 0 Å². The van der Waals surface area contributed by atoms with Crippen LogP contribution in [0.1, 0.15) is 11.1 Å². The van der Waals surface area contributed by atoms with Crippen LogP contribution in [0, 0.1) is 28.8 Å². The number of carboxylic acids is 1. The molecule has 2 aromatic carbocycles. The maximum absolute atomic E-state index is 14.2. The summed E-state index contributed by atoms with van der Waals surface area (Å²) in [4.78, 5) is 9.87. The number of aliphatic carboxylic acids is 1. The molecule has 0 spiro atoms. The normalized spacial score (nSPS) is 11.4. The molecule has 0 heterocycles. The van der Waals surface area contributed by atoms with Crippen LogP contribution in [0.2, 0.25) is 0 Å². The standard InChI is InChI=1S/C16H10BrF3N2O4S/c17-11-5-12(18)14(19)15(20)16(11)27(25,26)22(8-13(23)24)7-10-4-2-1-3-9(10)6-21/h1-5H,7-8H2,(H,23,24). The van der Waals surface area contributed by atoms with Crippen LogP contribution in [0.25, 0.3) is 0 Å². The molecule has 0 aliphatic rings. The third-order valence-corrected chi connectivity index (χ3v) is 6.21. The second kappa shape index (κ2) is 8.08. The summed E-state index contributed by atoms with van der Waals surface area (Å²) >= 11 is 2.66. The van der Waals surface area contributed by atoms with Crippen LogP contribution in [-0.2, 0) is 21.4 Å². The number of nitrogens with zero attached hydrogens (tertiary/aromatic N) is 2. The van der Waals surface area contributed by atoms with Gasteiger partial charge in [0.2, 0.25) is 10.0 Å². The molecule has 0 aliphatic heterocycles. The Labute approximate surface area is 160 Å². The lowest BCUT2D eigenvalue weighted by atomic mass is 10.1. The third-order valence-electron chi connectivity index (χ3n) is 3.47. The van der Waals surface area contributed by atoms with E-state index in [9.17, 15) is 26.4 Å². The van der Waals surface area contributed by atoms with Crippen molar-refractivity contribution in [1.82, 2.24) is 4.31 Å². The highest BCUT2D eigenvalue weighted by atomic mass is 79.9. The molecule has 0 bridgehead atoms. The molecule has 6 nitrogen and oxygen atoms in total. The Morgan fingerprint density at radius 3 is 2.44 bits per heavy atom. The Balaban J connectivity index is 2.62. The van der Waals surface area contributed by atoms with Crippen molar-refractivity contribution < 1.29 is 31.5 Å². The van der Waals surface area contributed by atoms with E-state index in [1.54, 1.807) is 0 Å².